The molecule has 2 rings (SSSR count). The third-order valence-corrected chi connectivity index (χ3v) is 2.73. The Balaban J connectivity index is 2.32. The van der Waals surface area contributed by atoms with E-state index in [0.717, 1.165) is 5.75 Å². The highest BCUT2D eigenvalue weighted by Crippen LogP contribution is 2.36. The second kappa shape index (κ2) is 4.13. The van der Waals surface area contributed by atoms with Gasteiger partial charge in [-0.05, 0) is 30.9 Å². The van der Waals surface area contributed by atoms with Gasteiger partial charge in [-0.15, -0.1) is 0 Å². The van der Waals surface area contributed by atoms with E-state index in [4.69, 9.17) is 4.74 Å². The highest BCUT2D eigenvalue weighted by atomic mass is 16.5. The van der Waals surface area contributed by atoms with Crippen molar-refractivity contribution in [3.63, 3.8) is 0 Å². The van der Waals surface area contributed by atoms with E-state index in [1.165, 1.54) is 24.1 Å². The Morgan fingerprint density at radius 3 is 2.60 bits per heavy atom. The van der Waals surface area contributed by atoms with Gasteiger partial charge in [0.1, 0.15) is 5.75 Å². The summed E-state index contributed by atoms with van der Waals surface area (Å²) in [6.45, 7) is 4.41. The van der Waals surface area contributed by atoms with Gasteiger partial charge < -0.3 is 10.1 Å². The molecule has 0 bridgehead atoms. The minimum absolute atomic E-state index is 0.467. The first-order valence-electron chi connectivity index (χ1n) is 5.69. The van der Waals surface area contributed by atoms with Gasteiger partial charge in [0, 0.05) is 18.3 Å². The van der Waals surface area contributed by atoms with Gasteiger partial charge in [0.2, 0.25) is 0 Å². The molecule has 1 fully saturated rings. The number of hydrogen-bond donors (Lipinski definition) is 1. The summed E-state index contributed by atoms with van der Waals surface area (Å²) in [5.41, 5.74) is 2.48. The number of nitrogens with one attached hydrogen (secondary N) is 1. The third kappa shape index (κ3) is 2.25. The lowest BCUT2D eigenvalue weighted by Gasteiger charge is -2.17. The monoisotopic (exact) mass is 205 g/mol. The van der Waals surface area contributed by atoms with Crippen LogP contribution in [0.3, 0.4) is 0 Å². The van der Waals surface area contributed by atoms with Crippen molar-refractivity contribution in [1.82, 2.24) is 0 Å². The molecular weight excluding hydrogens is 186 g/mol. The number of rotatable bonds is 4. The summed E-state index contributed by atoms with van der Waals surface area (Å²) < 4.78 is 5.92. The summed E-state index contributed by atoms with van der Waals surface area (Å²) in [5, 5.41) is 3.23. The molecule has 0 saturated heterocycles. The van der Waals surface area contributed by atoms with Gasteiger partial charge >= 0.3 is 0 Å². The second-order valence-electron chi connectivity index (χ2n) is 4.44. The molecule has 2 heteroatoms. The van der Waals surface area contributed by atoms with Crippen molar-refractivity contribution in [2.45, 2.75) is 38.7 Å². The molecule has 1 aliphatic carbocycles. The number of hydrogen-bond acceptors (Lipinski definition) is 2. The van der Waals surface area contributed by atoms with Crippen LogP contribution in [0.1, 0.15) is 38.2 Å². The van der Waals surface area contributed by atoms with Crippen LogP contribution >= 0.6 is 0 Å². The van der Waals surface area contributed by atoms with Crippen LogP contribution in [0.4, 0.5) is 5.69 Å². The van der Waals surface area contributed by atoms with E-state index in [1.54, 1.807) is 0 Å². The van der Waals surface area contributed by atoms with Crippen LogP contribution in [-0.4, -0.2) is 13.2 Å². The van der Waals surface area contributed by atoms with Crippen molar-refractivity contribution in [3.8, 4) is 5.75 Å². The van der Waals surface area contributed by atoms with Crippen LogP contribution in [0.2, 0.25) is 0 Å². The Kier molecular flexibility index (Phi) is 2.85. The smallest absolute Gasteiger partial charge is 0.125 e. The lowest BCUT2D eigenvalue weighted by atomic mass is 10.00. The van der Waals surface area contributed by atoms with Gasteiger partial charge in [0.05, 0.1) is 6.10 Å². The van der Waals surface area contributed by atoms with E-state index in [0.29, 0.717) is 12.0 Å². The molecule has 0 heterocycles. The van der Waals surface area contributed by atoms with Crippen molar-refractivity contribution in [3.05, 3.63) is 23.8 Å². The van der Waals surface area contributed by atoms with E-state index < -0.39 is 0 Å². The minimum Gasteiger partial charge on any atom is -0.490 e. The number of anilines is 1. The molecule has 1 aliphatic rings. The first kappa shape index (κ1) is 10.3. The van der Waals surface area contributed by atoms with E-state index in [-0.39, 0.29) is 0 Å². The lowest BCUT2D eigenvalue weighted by Crippen LogP contribution is -2.04. The van der Waals surface area contributed by atoms with Crippen LogP contribution in [-0.2, 0) is 0 Å². The van der Waals surface area contributed by atoms with Crippen molar-refractivity contribution in [2.24, 2.45) is 0 Å². The maximum Gasteiger partial charge on any atom is 0.125 e. The van der Waals surface area contributed by atoms with E-state index in [2.05, 4.69) is 37.4 Å². The summed E-state index contributed by atoms with van der Waals surface area (Å²) in [5.74, 6) is 1.54. The summed E-state index contributed by atoms with van der Waals surface area (Å²) in [6.07, 6.45) is 2.89. The fourth-order valence-corrected chi connectivity index (χ4v) is 1.83. The zero-order valence-corrected chi connectivity index (χ0v) is 9.71. The topological polar surface area (TPSA) is 21.3 Å². The highest BCUT2D eigenvalue weighted by Gasteiger charge is 2.25. The highest BCUT2D eigenvalue weighted by molar-refractivity contribution is 5.58. The summed E-state index contributed by atoms with van der Waals surface area (Å²) in [6, 6.07) is 6.24. The predicted molar refractivity (Wildman–Crippen MR) is 63.7 cm³/mol. The molecule has 1 aromatic rings. The molecule has 1 N–H and O–H groups in total. The first-order valence-corrected chi connectivity index (χ1v) is 5.69. The molecule has 0 spiro atoms. The molecule has 0 unspecified atom stereocenters. The predicted octanol–water partition coefficient (Wildman–Crippen LogP) is 3.39. The Hall–Kier alpha value is -1.18. The van der Waals surface area contributed by atoms with Gasteiger partial charge in [-0.25, -0.2) is 0 Å². The molecule has 15 heavy (non-hydrogen) atoms. The van der Waals surface area contributed by atoms with Crippen LogP contribution in [0.15, 0.2) is 18.2 Å². The number of benzene rings is 1. The first-order chi connectivity index (χ1) is 7.22. The standard InChI is InChI=1S/C13H19NO/c1-9(2)13-11(14-3)5-4-6-12(13)15-10-7-8-10/h4-6,9-10,14H,7-8H2,1-3H3. The van der Waals surface area contributed by atoms with Gasteiger partial charge in [-0.1, -0.05) is 19.9 Å². The Labute approximate surface area is 91.6 Å². The molecule has 82 valence electrons. The Morgan fingerprint density at radius 2 is 2.07 bits per heavy atom. The molecular formula is C13H19NO. The average Bonchev–Trinajstić information content (AvgIpc) is 3.01. The van der Waals surface area contributed by atoms with Crippen LogP contribution in [0.25, 0.3) is 0 Å². The van der Waals surface area contributed by atoms with Gasteiger partial charge in [0.25, 0.3) is 0 Å². The van der Waals surface area contributed by atoms with Crippen LogP contribution in [0.5, 0.6) is 5.75 Å². The van der Waals surface area contributed by atoms with Crippen molar-refractivity contribution in [2.75, 3.05) is 12.4 Å². The summed E-state index contributed by atoms with van der Waals surface area (Å²) >= 11 is 0. The SMILES string of the molecule is CNc1cccc(OC2CC2)c1C(C)C. The van der Waals surface area contributed by atoms with Gasteiger partial charge in [0.15, 0.2) is 0 Å². The lowest BCUT2D eigenvalue weighted by molar-refractivity contribution is 0.299. The minimum atomic E-state index is 0.467. The second-order valence-corrected chi connectivity index (χ2v) is 4.44. The van der Waals surface area contributed by atoms with Crippen molar-refractivity contribution in [1.29, 1.82) is 0 Å². The molecule has 0 radical (unpaired) electrons. The Bertz CT molecular complexity index is 342. The average molecular weight is 205 g/mol. The van der Waals surface area contributed by atoms with Crippen molar-refractivity contribution >= 4 is 5.69 Å². The zero-order chi connectivity index (χ0) is 10.8. The molecule has 1 saturated carbocycles. The maximum atomic E-state index is 5.92. The normalized spacial score (nSPS) is 15.5. The van der Waals surface area contributed by atoms with Gasteiger partial charge in [-0.2, -0.15) is 0 Å². The molecule has 1 aromatic carbocycles. The maximum absolute atomic E-state index is 5.92. The summed E-state index contributed by atoms with van der Waals surface area (Å²) in [7, 11) is 1.96. The molecule has 0 atom stereocenters. The number of ether oxygens (including phenoxy) is 1. The quantitative estimate of drug-likeness (QED) is 0.813. The van der Waals surface area contributed by atoms with Crippen LogP contribution < -0.4 is 10.1 Å². The third-order valence-electron chi connectivity index (χ3n) is 2.73. The van der Waals surface area contributed by atoms with Crippen LogP contribution in [0, 0.1) is 0 Å². The summed E-state index contributed by atoms with van der Waals surface area (Å²) in [4.78, 5) is 0. The molecule has 0 aliphatic heterocycles. The van der Waals surface area contributed by atoms with Crippen molar-refractivity contribution < 1.29 is 4.74 Å². The van der Waals surface area contributed by atoms with E-state index in [1.807, 2.05) is 7.05 Å². The Morgan fingerprint density at radius 1 is 1.33 bits per heavy atom. The zero-order valence-electron chi connectivity index (χ0n) is 9.71. The van der Waals surface area contributed by atoms with Gasteiger partial charge in [-0.3, -0.25) is 0 Å². The fourth-order valence-electron chi connectivity index (χ4n) is 1.83. The largest absolute Gasteiger partial charge is 0.490 e. The fraction of sp³-hybridized carbons (Fsp3) is 0.538. The molecule has 0 amide bonds. The molecule has 0 aromatic heterocycles. The van der Waals surface area contributed by atoms with E-state index in [9.17, 15) is 0 Å². The van der Waals surface area contributed by atoms with E-state index >= 15 is 0 Å². The molecule has 2 nitrogen and oxygen atoms in total.